The van der Waals surface area contributed by atoms with Crippen molar-refractivity contribution in [3.05, 3.63) is 70.5 Å². The van der Waals surface area contributed by atoms with Gasteiger partial charge in [-0.3, -0.25) is 9.89 Å². The van der Waals surface area contributed by atoms with Crippen molar-refractivity contribution in [1.29, 1.82) is 5.26 Å². The Kier molecular flexibility index (Phi) is 6.99. The molecule has 1 saturated heterocycles. The van der Waals surface area contributed by atoms with Crippen LogP contribution in [0.5, 0.6) is 0 Å². The van der Waals surface area contributed by atoms with E-state index in [9.17, 15) is 4.39 Å². The van der Waals surface area contributed by atoms with Crippen LogP contribution in [0.4, 0.5) is 4.39 Å². The van der Waals surface area contributed by atoms with Crippen molar-refractivity contribution >= 4 is 5.96 Å². The first kappa shape index (κ1) is 19.8. The van der Waals surface area contributed by atoms with Gasteiger partial charge in [0.15, 0.2) is 5.96 Å². The summed E-state index contributed by atoms with van der Waals surface area (Å²) >= 11 is 0. The molecule has 146 valence electrons. The Morgan fingerprint density at radius 1 is 1.07 bits per heavy atom. The number of benzene rings is 2. The number of guanidine groups is 1. The van der Waals surface area contributed by atoms with Gasteiger partial charge in [0.25, 0.3) is 0 Å². The van der Waals surface area contributed by atoms with Crippen LogP contribution in [-0.2, 0) is 19.6 Å². The highest BCUT2D eigenvalue weighted by Crippen LogP contribution is 2.13. The molecule has 3 rings (SSSR count). The number of likely N-dealkylation sites (tertiary alicyclic amines) is 1. The fourth-order valence-electron chi connectivity index (χ4n) is 3.33. The number of aliphatic imine (C=N–C) groups is 1. The second-order valence-electron chi connectivity index (χ2n) is 7.00. The van der Waals surface area contributed by atoms with Crippen LogP contribution in [0.1, 0.15) is 35.1 Å². The van der Waals surface area contributed by atoms with E-state index in [1.54, 1.807) is 13.1 Å². The fraction of sp³-hybridized carbons (Fsp3) is 0.364. The lowest BCUT2D eigenvalue weighted by Crippen LogP contribution is -2.36. The molecule has 2 N–H and O–H groups in total. The second kappa shape index (κ2) is 9.86. The lowest BCUT2D eigenvalue weighted by Gasteiger charge is -2.15. The molecule has 5 nitrogen and oxygen atoms in total. The molecule has 0 spiro atoms. The lowest BCUT2D eigenvalue weighted by molar-refractivity contribution is 0.331. The average Bonchev–Trinajstić information content (AvgIpc) is 3.23. The first-order valence-electron chi connectivity index (χ1n) is 9.61. The highest BCUT2D eigenvalue weighted by molar-refractivity contribution is 5.79. The van der Waals surface area contributed by atoms with Gasteiger partial charge >= 0.3 is 0 Å². The molecule has 6 heteroatoms. The van der Waals surface area contributed by atoms with Crippen molar-refractivity contribution in [3.8, 4) is 6.07 Å². The summed E-state index contributed by atoms with van der Waals surface area (Å²) in [6.07, 6.45) is 2.61. The molecule has 0 bridgehead atoms. The topological polar surface area (TPSA) is 63.5 Å². The summed E-state index contributed by atoms with van der Waals surface area (Å²) in [4.78, 5) is 6.66. The molecule has 1 aliphatic heterocycles. The number of hydrogen-bond acceptors (Lipinski definition) is 3. The Morgan fingerprint density at radius 2 is 1.75 bits per heavy atom. The molecule has 0 aromatic heterocycles. The Labute approximate surface area is 165 Å². The molecular formula is C22H26FN5. The molecule has 1 heterocycles. The van der Waals surface area contributed by atoms with E-state index >= 15 is 0 Å². The predicted molar refractivity (Wildman–Crippen MR) is 109 cm³/mol. The van der Waals surface area contributed by atoms with E-state index in [1.807, 2.05) is 6.07 Å². The molecule has 1 aliphatic rings. The molecule has 28 heavy (non-hydrogen) atoms. The van der Waals surface area contributed by atoms with E-state index < -0.39 is 0 Å². The smallest absolute Gasteiger partial charge is 0.191 e. The van der Waals surface area contributed by atoms with Gasteiger partial charge in [-0.2, -0.15) is 5.26 Å². The van der Waals surface area contributed by atoms with Crippen LogP contribution in [0.25, 0.3) is 0 Å². The second-order valence-corrected chi connectivity index (χ2v) is 7.00. The third-order valence-corrected chi connectivity index (χ3v) is 4.93. The summed E-state index contributed by atoms with van der Waals surface area (Å²) in [6.45, 7) is 4.30. The largest absolute Gasteiger partial charge is 0.352 e. The van der Waals surface area contributed by atoms with Crippen LogP contribution in [-0.4, -0.2) is 31.0 Å². The van der Waals surface area contributed by atoms with E-state index in [0.29, 0.717) is 23.6 Å². The summed E-state index contributed by atoms with van der Waals surface area (Å²) in [5.74, 6) is 0.249. The molecule has 0 amide bonds. The van der Waals surface area contributed by atoms with Gasteiger partial charge in [0.05, 0.1) is 11.6 Å². The molecule has 0 radical (unpaired) electrons. The number of nitrogens with one attached hydrogen (secondary N) is 2. The summed E-state index contributed by atoms with van der Waals surface area (Å²) in [7, 11) is 1.68. The Morgan fingerprint density at radius 3 is 2.43 bits per heavy atom. The molecule has 0 atom stereocenters. The average molecular weight is 379 g/mol. The zero-order chi connectivity index (χ0) is 19.8. The highest BCUT2D eigenvalue weighted by atomic mass is 19.1. The maximum Gasteiger partial charge on any atom is 0.191 e. The Bertz CT molecular complexity index is 848. The van der Waals surface area contributed by atoms with Gasteiger partial charge in [0.2, 0.25) is 0 Å². The quantitative estimate of drug-likeness (QED) is 0.598. The van der Waals surface area contributed by atoms with Crippen LogP contribution in [0.2, 0.25) is 0 Å². The molecule has 0 saturated carbocycles. The zero-order valence-corrected chi connectivity index (χ0v) is 16.2. The van der Waals surface area contributed by atoms with E-state index in [2.05, 4.69) is 44.8 Å². The first-order valence-corrected chi connectivity index (χ1v) is 9.61. The summed E-state index contributed by atoms with van der Waals surface area (Å²) < 4.78 is 13.9. The van der Waals surface area contributed by atoms with E-state index in [-0.39, 0.29) is 12.4 Å². The van der Waals surface area contributed by atoms with Gasteiger partial charge < -0.3 is 10.6 Å². The number of nitriles is 1. The van der Waals surface area contributed by atoms with Gasteiger partial charge in [-0.25, -0.2) is 4.39 Å². The third kappa shape index (κ3) is 5.54. The normalized spacial score (nSPS) is 14.7. The van der Waals surface area contributed by atoms with Gasteiger partial charge in [-0.1, -0.05) is 24.3 Å². The summed E-state index contributed by atoms with van der Waals surface area (Å²) in [5.41, 5.74) is 3.37. The van der Waals surface area contributed by atoms with Crippen LogP contribution >= 0.6 is 0 Å². The first-order chi connectivity index (χ1) is 13.7. The maximum atomic E-state index is 13.9. The van der Waals surface area contributed by atoms with Crippen molar-refractivity contribution in [1.82, 2.24) is 15.5 Å². The number of halogens is 1. The third-order valence-electron chi connectivity index (χ3n) is 4.93. The van der Waals surface area contributed by atoms with Crippen LogP contribution in [0.3, 0.4) is 0 Å². The minimum atomic E-state index is -0.337. The van der Waals surface area contributed by atoms with Crippen LogP contribution in [0, 0.1) is 17.1 Å². The molecule has 1 fully saturated rings. The molecule has 0 unspecified atom stereocenters. The van der Waals surface area contributed by atoms with Gasteiger partial charge in [-0.15, -0.1) is 0 Å². The lowest BCUT2D eigenvalue weighted by atomic mass is 10.1. The number of nitrogens with zero attached hydrogens (tertiary/aromatic N) is 3. The molecule has 2 aromatic rings. The SMILES string of the molecule is CN=C(NCc1ccc(CN2CCCC2)cc1)NCc1cc(C#N)ccc1F. The molecule has 0 aliphatic carbocycles. The monoisotopic (exact) mass is 379 g/mol. The van der Waals surface area contributed by atoms with E-state index in [0.717, 1.165) is 12.1 Å². The van der Waals surface area contributed by atoms with E-state index in [4.69, 9.17) is 5.26 Å². The summed E-state index contributed by atoms with van der Waals surface area (Å²) in [6, 6.07) is 15.0. The Hall–Kier alpha value is -2.91. The van der Waals surface area contributed by atoms with Crippen molar-refractivity contribution in [2.45, 2.75) is 32.5 Å². The summed E-state index contributed by atoms with van der Waals surface area (Å²) in [5, 5.41) is 15.3. The van der Waals surface area contributed by atoms with Crippen molar-refractivity contribution in [3.63, 3.8) is 0 Å². The minimum absolute atomic E-state index is 0.260. The molecular weight excluding hydrogens is 353 g/mol. The number of hydrogen-bond donors (Lipinski definition) is 2. The minimum Gasteiger partial charge on any atom is -0.352 e. The van der Waals surface area contributed by atoms with Gasteiger partial charge in [0, 0.05) is 32.2 Å². The van der Waals surface area contributed by atoms with Gasteiger partial charge in [-0.05, 0) is 55.3 Å². The maximum absolute atomic E-state index is 13.9. The van der Waals surface area contributed by atoms with E-state index in [1.165, 1.54) is 43.6 Å². The standard InChI is InChI=1S/C22H26FN5/c1-25-22(27-15-20-12-19(13-24)8-9-21(20)23)26-14-17-4-6-18(7-5-17)16-28-10-2-3-11-28/h4-9,12H,2-3,10-11,14-16H2,1H3,(H2,25,26,27). The predicted octanol–water partition coefficient (Wildman–Crippen LogP) is 3.16. The van der Waals surface area contributed by atoms with Crippen molar-refractivity contribution < 1.29 is 4.39 Å². The van der Waals surface area contributed by atoms with Crippen LogP contribution < -0.4 is 10.6 Å². The Balaban J connectivity index is 1.49. The van der Waals surface area contributed by atoms with Gasteiger partial charge in [0.1, 0.15) is 5.82 Å². The van der Waals surface area contributed by atoms with Crippen LogP contribution in [0.15, 0.2) is 47.5 Å². The fourth-order valence-corrected chi connectivity index (χ4v) is 3.33. The molecule has 2 aromatic carbocycles. The zero-order valence-electron chi connectivity index (χ0n) is 16.2. The highest BCUT2D eigenvalue weighted by Gasteiger charge is 2.11. The van der Waals surface area contributed by atoms with Crippen molar-refractivity contribution in [2.24, 2.45) is 4.99 Å². The number of rotatable bonds is 6. The van der Waals surface area contributed by atoms with Crippen molar-refractivity contribution in [2.75, 3.05) is 20.1 Å².